The van der Waals surface area contributed by atoms with E-state index in [0.29, 0.717) is 12.0 Å². The predicted molar refractivity (Wildman–Crippen MR) is 79.9 cm³/mol. The first kappa shape index (κ1) is 17.6. The van der Waals surface area contributed by atoms with Crippen LogP contribution in [0.5, 0.6) is 0 Å². The van der Waals surface area contributed by atoms with Crippen molar-refractivity contribution in [3.8, 4) is 0 Å². The Morgan fingerprint density at radius 2 is 2.05 bits per heavy atom. The first-order valence-electron chi connectivity index (χ1n) is 7.46. The SMILES string of the molecule is CCCCCCC(CO)(CO)COC(=O)c1cccnc1. The monoisotopic (exact) mass is 295 g/mol. The van der Waals surface area contributed by atoms with Crippen molar-refractivity contribution in [1.82, 2.24) is 4.98 Å². The number of aliphatic hydroxyl groups excluding tert-OH is 2. The number of rotatable bonds is 10. The van der Waals surface area contributed by atoms with E-state index in [9.17, 15) is 15.0 Å². The number of aromatic nitrogens is 1. The zero-order valence-electron chi connectivity index (χ0n) is 12.6. The van der Waals surface area contributed by atoms with Gasteiger partial charge in [0.1, 0.15) is 6.61 Å². The van der Waals surface area contributed by atoms with Gasteiger partial charge in [-0.2, -0.15) is 0 Å². The summed E-state index contributed by atoms with van der Waals surface area (Å²) < 4.78 is 5.23. The average molecular weight is 295 g/mol. The highest BCUT2D eigenvalue weighted by Gasteiger charge is 2.30. The van der Waals surface area contributed by atoms with E-state index in [1.165, 1.54) is 6.20 Å². The molecule has 0 fully saturated rings. The minimum Gasteiger partial charge on any atom is -0.461 e. The highest BCUT2D eigenvalue weighted by atomic mass is 16.5. The molecule has 1 heterocycles. The normalized spacial score (nSPS) is 11.4. The fraction of sp³-hybridized carbons (Fsp3) is 0.625. The van der Waals surface area contributed by atoms with Crippen LogP contribution in [0.25, 0.3) is 0 Å². The van der Waals surface area contributed by atoms with Gasteiger partial charge in [0.25, 0.3) is 0 Å². The van der Waals surface area contributed by atoms with Gasteiger partial charge >= 0.3 is 5.97 Å². The highest BCUT2D eigenvalue weighted by molar-refractivity contribution is 5.88. The number of hydrogen-bond donors (Lipinski definition) is 2. The van der Waals surface area contributed by atoms with Crippen molar-refractivity contribution in [1.29, 1.82) is 0 Å². The van der Waals surface area contributed by atoms with E-state index in [-0.39, 0.29) is 19.8 Å². The third-order valence-electron chi connectivity index (χ3n) is 3.64. The maximum Gasteiger partial charge on any atom is 0.339 e. The summed E-state index contributed by atoms with van der Waals surface area (Å²) in [6.07, 6.45) is 7.86. The van der Waals surface area contributed by atoms with E-state index in [0.717, 1.165) is 25.7 Å². The number of aliphatic hydroxyl groups is 2. The van der Waals surface area contributed by atoms with Crippen molar-refractivity contribution in [2.75, 3.05) is 19.8 Å². The zero-order chi connectivity index (χ0) is 15.6. The Morgan fingerprint density at radius 1 is 1.29 bits per heavy atom. The Hall–Kier alpha value is -1.46. The summed E-state index contributed by atoms with van der Waals surface area (Å²) in [5.74, 6) is -0.483. The second kappa shape index (κ2) is 9.47. The largest absolute Gasteiger partial charge is 0.461 e. The van der Waals surface area contributed by atoms with Gasteiger partial charge in [-0.1, -0.05) is 32.6 Å². The quantitative estimate of drug-likeness (QED) is 0.511. The molecule has 5 heteroatoms. The summed E-state index contributed by atoms with van der Waals surface area (Å²) in [6, 6.07) is 3.28. The third-order valence-corrected chi connectivity index (χ3v) is 3.64. The van der Waals surface area contributed by atoms with E-state index >= 15 is 0 Å². The van der Waals surface area contributed by atoms with Crippen molar-refractivity contribution in [3.63, 3.8) is 0 Å². The first-order valence-corrected chi connectivity index (χ1v) is 7.46. The van der Waals surface area contributed by atoms with Gasteiger partial charge in [0, 0.05) is 12.4 Å². The van der Waals surface area contributed by atoms with Crippen LogP contribution in [0.2, 0.25) is 0 Å². The van der Waals surface area contributed by atoms with Crippen LogP contribution < -0.4 is 0 Å². The minimum atomic E-state index is -0.758. The van der Waals surface area contributed by atoms with Crippen LogP contribution >= 0.6 is 0 Å². The first-order chi connectivity index (χ1) is 10.2. The number of esters is 1. The Labute approximate surface area is 126 Å². The van der Waals surface area contributed by atoms with Gasteiger partial charge in [0.2, 0.25) is 0 Å². The van der Waals surface area contributed by atoms with Gasteiger partial charge in [0.15, 0.2) is 0 Å². The van der Waals surface area contributed by atoms with Gasteiger partial charge in [0.05, 0.1) is 24.2 Å². The summed E-state index contributed by atoms with van der Waals surface area (Å²) in [5.41, 5.74) is -0.390. The molecule has 0 aliphatic carbocycles. The summed E-state index contributed by atoms with van der Waals surface area (Å²) in [4.78, 5) is 15.7. The van der Waals surface area contributed by atoms with E-state index in [4.69, 9.17) is 4.74 Å². The number of pyridine rings is 1. The van der Waals surface area contributed by atoms with Crippen LogP contribution in [0, 0.1) is 5.41 Å². The molecule has 1 aromatic heterocycles. The van der Waals surface area contributed by atoms with E-state index in [1.807, 2.05) is 0 Å². The van der Waals surface area contributed by atoms with Gasteiger partial charge in [-0.25, -0.2) is 4.79 Å². The molecule has 0 radical (unpaired) electrons. The van der Waals surface area contributed by atoms with E-state index in [2.05, 4.69) is 11.9 Å². The molecule has 0 saturated carbocycles. The fourth-order valence-corrected chi connectivity index (χ4v) is 2.08. The van der Waals surface area contributed by atoms with Crippen LogP contribution in [0.1, 0.15) is 49.4 Å². The summed E-state index contributed by atoms with van der Waals surface area (Å²) in [5, 5.41) is 19.1. The van der Waals surface area contributed by atoms with Gasteiger partial charge < -0.3 is 14.9 Å². The highest BCUT2D eigenvalue weighted by Crippen LogP contribution is 2.25. The maximum absolute atomic E-state index is 11.9. The number of ether oxygens (including phenoxy) is 1. The molecule has 0 aliphatic heterocycles. The van der Waals surface area contributed by atoms with Crippen molar-refractivity contribution in [3.05, 3.63) is 30.1 Å². The Bertz CT molecular complexity index is 404. The van der Waals surface area contributed by atoms with Gasteiger partial charge in [-0.15, -0.1) is 0 Å². The number of unbranched alkanes of at least 4 members (excludes halogenated alkanes) is 3. The number of hydrogen-bond acceptors (Lipinski definition) is 5. The molecule has 0 unspecified atom stereocenters. The Kier molecular flexibility index (Phi) is 7.93. The lowest BCUT2D eigenvalue weighted by molar-refractivity contribution is -0.0214. The van der Waals surface area contributed by atoms with Gasteiger partial charge in [-0.05, 0) is 18.6 Å². The van der Waals surface area contributed by atoms with Crippen molar-refractivity contribution in [2.24, 2.45) is 5.41 Å². The maximum atomic E-state index is 11.9. The Morgan fingerprint density at radius 3 is 2.62 bits per heavy atom. The number of nitrogens with zero attached hydrogens (tertiary/aromatic N) is 1. The third kappa shape index (κ3) is 5.81. The summed E-state index contributed by atoms with van der Waals surface area (Å²) in [7, 11) is 0. The minimum absolute atomic E-state index is 0.0137. The second-order valence-electron chi connectivity index (χ2n) is 5.44. The predicted octanol–water partition coefficient (Wildman–Crippen LogP) is 2.18. The molecule has 0 amide bonds. The van der Waals surface area contributed by atoms with Crippen LogP contribution in [0.3, 0.4) is 0 Å². The smallest absolute Gasteiger partial charge is 0.339 e. The number of carbonyl (C=O) groups is 1. The molecular formula is C16H25NO4. The van der Waals surface area contributed by atoms with E-state index < -0.39 is 11.4 Å². The summed E-state index contributed by atoms with van der Waals surface area (Å²) in [6.45, 7) is 1.74. The lowest BCUT2D eigenvalue weighted by atomic mass is 9.85. The Balaban J connectivity index is 2.51. The average Bonchev–Trinajstić information content (AvgIpc) is 2.55. The van der Waals surface area contributed by atoms with Crippen molar-refractivity contribution in [2.45, 2.75) is 39.0 Å². The molecule has 0 saturated heterocycles. The molecule has 21 heavy (non-hydrogen) atoms. The molecule has 1 aromatic rings. The summed E-state index contributed by atoms with van der Waals surface area (Å²) >= 11 is 0. The molecule has 0 atom stereocenters. The molecule has 0 aromatic carbocycles. The molecule has 118 valence electrons. The van der Waals surface area contributed by atoms with Crippen molar-refractivity contribution < 1.29 is 19.7 Å². The van der Waals surface area contributed by atoms with Crippen LogP contribution in [-0.4, -0.2) is 41.0 Å². The fourth-order valence-electron chi connectivity index (χ4n) is 2.08. The second-order valence-corrected chi connectivity index (χ2v) is 5.44. The van der Waals surface area contributed by atoms with E-state index in [1.54, 1.807) is 18.3 Å². The molecule has 0 bridgehead atoms. The zero-order valence-corrected chi connectivity index (χ0v) is 12.6. The number of carbonyl (C=O) groups excluding carboxylic acids is 1. The lowest BCUT2D eigenvalue weighted by Crippen LogP contribution is -2.36. The molecule has 1 rings (SSSR count). The lowest BCUT2D eigenvalue weighted by Gasteiger charge is -2.29. The standard InChI is InChI=1S/C16H25NO4/c1-2-3-4-5-8-16(11-18,12-19)13-21-15(20)14-7-6-9-17-10-14/h6-7,9-10,18-19H,2-5,8,11-13H2,1H3. The van der Waals surface area contributed by atoms with Crippen LogP contribution in [-0.2, 0) is 4.74 Å². The van der Waals surface area contributed by atoms with Gasteiger partial charge in [-0.3, -0.25) is 4.98 Å². The molecule has 5 nitrogen and oxygen atoms in total. The van der Waals surface area contributed by atoms with Crippen LogP contribution in [0.15, 0.2) is 24.5 Å². The van der Waals surface area contributed by atoms with Crippen molar-refractivity contribution >= 4 is 5.97 Å². The topological polar surface area (TPSA) is 79.6 Å². The van der Waals surface area contributed by atoms with Crippen LogP contribution in [0.4, 0.5) is 0 Å². The molecule has 0 spiro atoms. The molecule has 2 N–H and O–H groups in total. The molecular weight excluding hydrogens is 270 g/mol. The molecule has 0 aliphatic rings.